The van der Waals surface area contributed by atoms with Crippen molar-refractivity contribution in [1.82, 2.24) is 0 Å². The van der Waals surface area contributed by atoms with Gasteiger partial charge < -0.3 is 5.73 Å². The molecule has 20 heavy (non-hydrogen) atoms. The second kappa shape index (κ2) is 6.08. The quantitative estimate of drug-likeness (QED) is 0.884. The van der Waals surface area contributed by atoms with Crippen molar-refractivity contribution in [1.29, 1.82) is 5.26 Å². The normalized spacial score (nSPS) is 11.8. The van der Waals surface area contributed by atoms with Crippen LogP contribution in [0.5, 0.6) is 0 Å². The number of rotatable bonds is 3. The summed E-state index contributed by atoms with van der Waals surface area (Å²) in [6, 6.07) is 12.5. The molecular formula is C15H13ClN2OS. The number of para-hydroxylation sites is 1. The Kier molecular flexibility index (Phi) is 4.43. The molecular weight excluding hydrogens is 292 g/mol. The molecule has 0 saturated heterocycles. The molecule has 0 fully saturated rings. The smallest absolute Gasteiger partial charge is 0.0992 e. The van der Waals surface area contributed by atoms with E-state index in [9.17, 15) is 4.21 Å². The van der Waals surface area contributed by atoms with E-state index < -0.39 is 10.8 Å². The summed E-state index contributed by atoms with van der Waals surface area (Å²) in [5, 5.41) is 9.24. The number of aryl methyl sites for hydroxylation is 1. The molecule has 0 bridgehead atoms. The molecule has 0 aliphatic carbocycles. The van der Waals surface area contributed by atoms with Crippen LogP contribution in [-0.4, -0.2) is 4.21 Å². The van der Waals surface area contributed by atoms with Crippen LogP contribution in [0.25, 0.3) is 0 Å². The van der Waals surface area contributed by atoms with Crippen molar-refractivity contribution in [3.05, 3.63) is 58.1 Å². The van der Waals surface area contributed by atoms with Crippen LogP contribution in [0.4, 0.5) is 5.69 Å². The maximum Gasteiger partial charge on any atom is 0.0992 e. The van der Waals surface area contributed by atoms with Gasteiger partial charge >= 0.3 is 0 Å². The van der Waals surface area contributed by atoms with Gasteiger partial charge in [-0.1, -0.05) is 29.8 Å². The molecule has 0 amide bonds. The lowest BCUT2D eigenvalue weighted by molar-refractivity contribution is 0.683. The number of nitriles is 1. The predicted octanol–water partition coefficient (Wildman–Crippen LogP) is 3.41. The van der Waals surface area contributed by atoms with Crippen LogP contribution >= 0.6 is 11.6 Å². The largest absolute Gasteiger partial charge is 0.398 e. The van der Waals surface area contributed by atoms with Gasteiger partial charge in [-0.15, -0.1) is 0 Å². The van der Waals surface area contributed by atoms with E-state index in [1.807, 2.05) is 25.1 Å². The van der Waals surface area contributed by atoms with Gasteiger partial charge in [-0.3, -0.25) is 4.21 Å². The maximum absolute atomic E-state index is 12.4. The van der Waals surface area contributed by atoms with Gasteiger partial charge in [-0.2, -0.15) is 5.26 Å². The first-order chi connectivity index (χ1) is 9.52. The Morgan fingerprint density at radius 2 is 2.10 bits per heavy atom. The van der Waals surface area contributed by atoms with Gasteiger partial charge in [-0.25, -0.2) is 0 Å². The number of hydrogen-bond donors (Lipinski definition) is 1. The van der Waals surface area contributed by atoms with Gasteiger partial charge in [0.1, 0.15) is 0 Å². The summed E-state index contributed by atoms with van der Waals surface area (Å²) in [5.41, 5.74) is 8.63. The zero-order chi connectivity index (χ0) is 14.7. The highest BCUT2D eigenvalue weighted by Gasteiger charge is 2.12. The molecule has 2 aromatic carbocycles. The fourth-order valence-corrected chi connectivity index (χ4v) is 3.46. The Labute approximate surface area is 125 Å². The van der Waals surface area contributed by atoms with Crippen LogP contribution in [-0.2, 0) is 16.6 Å². The van der Waals surface area contributed by atoms with Crippen molar-refractivity contribution in [2.24, 2.45) is 0 Å². The Morgan fingerprint density at radius 3 is 2.75 bits per heavy atom. The van der Waals surface area contributed by atoms with Crippen LogP contribution in [0.15, 0.2) is 41.3 Å². The Bertz CT molecular complexity index is 722. The second-order valence-electron chi connectivity index (χ2n) is 4.39. The summed E-state index contributed by atoms with van der Waals surface area (Å²) >= 11 is 6.09. The van der Waals surface area contributed by atoms with Crippen molar-refractivity contribution in [2.75, 3.05) is 5.73 Å². The Morgan fingerprint density at radius 1 is 1.35 bits per heavy atom. The zero-order valence-electron chi connectivity index (χ0n) is 10.9. The van der Waals surface area contributed by atoms with Crippen molar-refractivity contribution in [2.45, 2.75) is 17.6 Å². The Hall–Kier alpha value is -1.83. The minimum atomic E-state index is -1.27. The first kappa shape index (κ1) is 14.6. The van der Waals surface area contributed by atoms with Gasteiger partial charge in [-0.05, 0) is 36.2 Å². The second-order valence-corrected chi connectivity index (χ2v) is 6.22. The summed E-state index contributed by atoms with van der Waals surface area (Å²) in [6.45, 7) is 1.88. The summed E-state index contributed by atoms with van der Waals surface area (Å²) in [7, 11) is -1.27. The first-order valence-corrected chi connectivity index (χ1v) is 7.64. The molecule has 3 nitrogen and oxygen atoms in total. The average molecular weight is 305 g/mol. The molecule has 1 unspecified atom stereocenters. The SMILES string of the molecule is Cc1cccc(S(=O)Cc2ccc(C#N)cc2Cl)c1N. The van der Waals surface area contributed by atoms with E-state index in [1.165, 1.54) is 0 Å². The Balaban J connectivity index is 2.29. The fraction of sp³-hybridized carbons (Fsp3) is 0.133. The van der Waals surface area contributed by atoms with E-state index >= 15 is 0 Å². The molecule has 2 rings (SSSR count). The van der Waals surface area contributed by atoms with E-state index in [0.29, 0.717) is 21.2 Å². The fourth-order valence-electron chi connectivity index (χ4n) is 1.81. The molecule has 0 saturated carbocycles. The third-order valence-electron chi connectivity index (χ3n) is 3.00. The van der Waals surface area contributed by atoms with E-state index in [0.717, 1.165) is 11.1 Å². The molecule has 1 atom stereocenters. The van der Waals surface area contributed by atoms with Gasteiger partial charge in [0, 0.05) is 5.02 Å². The minimum Gasteiger partial charge on any atom is -0.398 e. The molecule has 0 heterocycles. The maximum atomic E-state index is 12.4. The lowest BCUT2D eigenvalue weighted by Gasteiger charge is -2.09. The van der Waals surface area contributed by atoms with Gasteiger partial charge in [0.2, 0.25) is 0 Å². The zero-order valence-corrected chi connectivity index (χ0v) is 12.5. The van der Waals surface area contributed by atoms with Crippen LogP contribution < -0.4 is 5.73 Å². The monoisotopic (exact) mass is 304 g/mol. The van der Waals surface area contributed by atoms with Crippen molar-refractivity contribution < 1.29 is 4.21 Å². The van der Waals surface area contributed by atoms with E-state index in [2.05, 4.69) is 0 Å². The van der Waals surface area contributed by atoms with E-state index in [1.54, 1.807) is 24.3 Å². The van der Waals surface area contributed by atoms with Crippen LogP contribution in [0.2, 0.25) is 5.02 Å². The van der Waals surface area contributed by atoms with E-state index in [4.69, 9.17) is 22.6 Å². The number of hydrogen-bond acceptors (Lipinski definition) is 3. The van der Waals surface area contributed by atoms with Gasteiger partial charge in [0.05, 0.1) is 38.8 Å². The highest BCUT2D eigenvalue weighted by Crippen LogP contribution is 2.25. The summed E-state index contributed by atoms with van der Waals surface area (Å²) in [5.74, 6) is 0.276. The standard InChI is InChI=1S/C15H13ClN2OS/c1-10-3-2-4-14(15(10)18)20(19)9-12-6-5-11(8-17)7-13(12)16/h2-7H,9,18H2,1H3. The number of nitrogen functional groups attached to an aromatic ring is 1. The number of anilines is 1. The highest BCUT2D eigenvalue weighted by atomic mass is 35.5. The molecule has 0 radical (unpaired) electrons. The molecule has 2 aromatic rings. The average Bonchev–Trinajstić information content (AvgIpc) is 2.44. The lowest BCUT2D eigenvalue weighted by Crippen LogP contribution is -2.03. The third-order valence-corrected chi connectivity index (χ3v) is 4.77. The highest BCUT2D eigenvalue weighted by molar-refractivity contribution is 7.84. The van der Waals surface area contributed by atoms with Crippen LogP contribution in [0.1, 0.15) is 16.7 Å². The number of nitrogens with zero attached hydrogens (tertiary/aromatic N) is 1. The molecule has 2 N–H and O–H groups in total. The van der Waals surface area contributed by atoms with Crippen molar-refractivity contribution in [3.63, 3.8) is 0 Å². The molecule has 5 heteroatoms. The van der Waals surface area contributed by atoms with Crippen molar-refractivity contribution >= 4 is 28.1 Å². The van der Waals surface area contributed by atoms with E-state index in [-0.39, 0.29) is 5.75 Å². The third kappa shape index (κ3) is 3.01. The predicted molar refractivity (Wildman–Crippen MR) is 81.9 cm³/mol. The summed E-state index contributed by atoms with van der Waals surface area (Å²) in [4.78, 5) is 0.616. The summed E-state index contributed by atoms with van der Waals surface area (Å²) < 4.78 is 12.4. The molecule has 0 aromatic heterocycles. The molecule has 0 aliphatic heterocycles. The number of benzene rings is 2. The summed E-state index contributed by atoms with van der Waals surface area (Å²) in [6.07, 6.45) is 0. The molecule has 0 aliphatic rings. The lowest BCUT2D eigenvalue weighted by atomic mass is 10.2. The van der Waals surface area contributed by atoms with Crippen molar-refractivity contribution in [3.8, 4) is 6.07 Å². The first-order valence-electron chi connectivity index (χ1n) is 5.95. The number of nitrogens with two attached hydrogens (primary N) is 1. The van der Waals surface area contributed by atoms with Crippen LogP contribution in [0, 0.1) is 18.3 Å². The van der Waals surface area contributed by atoms with Gasteiger partial charge in [0.25, 0.3) is 0 Å². The van der Waals surface area contributed by atoms with Gasteiger partial charge in [0.15, 0.2) is 0 Å². The topological polar surface area (TPSA) is 66.9 Å². The minimum absolute atomic E-state index is 0.276. The number of halogens is 1. The van der Waals surface area contributed by atoms with Crippen LogP contribution in [0.3, 0.4) is 0 Å². The molecule has 102 valence electrons. The molecule has 0 spiro atoms.